The number of urea groups is 1. The van der Waals surface area contributed by atoms with Gasteiger partial charge in [-0.15, -0.1) is 0 Å². The van der Waals surface area contributed by atoms with E-state index in [9.17, 15) is 4.79 Å². The normalized spacial score (nSPS) is 24.3. The largest absolute Gasteiger partial charge is 0.378 e. The van der Waals surface area contributed by atoms with Crippen LogP contribution in [0.25, 0.3) is 0 Å². The van der Waals surface area contributed by atoms with Crippen molar-refractivity contribution in [1.29, 1.82) is 0 Å². The van der Waals surface area contributed by atoms with Crippen LogP contribution in [-0.2, 0) is 4.74 Å². The molecular weight excluding hydrogens is 362 g/mol. The molecular formula is C21H30ClN3O2. The highest BCUT2D eigenvalue weighted by Gasteiger charge is 2.35. The van der Waals surface area contributed by atoms with Crippen LogP contribution in [-0.4, -0.2) is 49.8 Å². The molecule has 5 nitrogen and oxygen atoms in total. The third-order valence-electron chi connectivity index (χ3n) is 6.31. The van der Waals surface area contributed by atoms with Crippen LogP contribution in [0.1, 0.15) is 44.9 Å². The molecule has 4 rings (SSSR count). The summed E-state index contributed by atoms with van der Waals surface area (Å²) in [5.74, 6) is 0.671. The van der Waals surface area contributed by atoms with Gasteiger partial charge in [0.1, 0.15) is 0 Å². The molecule has 1 N–H and O–H groups in total. The van der Waals surface area contributed by atoms with Crippen molar-refractivity contribution in [2.45, 2.75) is 51.0 Å². The molecule has 2 aliphatic heterocycles. The van der Waals surface area contributed by atoms with E-state index in [0.717, 1.165) is 43.9 Å². The molecule has 1 aromatic carbocycles. The van der Waals surface area contributed by atoms with Crippen LogP contribution in [0, 0.1) is 5.92 Å². The number of nitrogens with zero attached hydrogens (tertiary/aromatic N) is 2. The molecule has 2 heterocycles. The molecule has 2 amide bonds. The Kier molecular flexibility index (Phi) is 6.08. The summed E-state index contributed by atoms with van der Waals surface area (Å²) < 4.78 is 5.47. The fraction of sp³-hybridized carbons (Fsp3) is 0.667. The number of amides is 2. The number of rotatable bonds is 3. The molecule has 1 aromatic rings. The third-order valence-corrected chi connectivity index (χ3v) is 6.54. The van der Waals surface area contributed by atoms with E-state index in [1.807, 2.05) is 18.2 Å². The van der Waals surface area contributed by atoms with Gasteiger partial charge >= 0.3 is 6.03 Å². The molecule has 3 fully saturated rings. The van der Waals surface area contributed by atoms with Gasteiger partial charge in [-0.25, -0.2) is 4.79 Å². The predicted molar refractivity (Wildman–Crippen MR) is 110 cm³/mol. The van der Waals surface area contributed by atoms with Crippen LogP contribution >= 0.6 is 11.6 Å². The van der Waals surface area contributed by atoms with Crippen LogP contribution in [0.4, 0.5) is 16.2 Å². The van der Waals surface area contributed by atoms with E-state index < -0.39 is 0 Å². The molecule has 0 spiro atoms. The van der Waals surface area contributed by atoms with Crippen LogP contribution < -0.4 is 10.2 Å². The molecule has 1 unspecified atom stereocenters. The smallest absolute Gasteiger partial charge is 0.322 e. The van der Waals surface area contributed by atoms with Gasteiger partial charge in [0, 0.05) is 30.7 Å². The number of hydrogen-bond acceptors (Lipinski definition) is 3. The Labute approximate surface area is 167 Å². The van der Waals surface area contributed by atoms with Gasteiger partial charge in [-0.2, -0.15) is 0 Å². The molecule has 6 heteroatoms. The van der Waals surface area contributed by atoms with Crippen molar-refractivity contribution in [3.05, 3.63) is 23.2 Å². The first-order valence-corrected chi connectivity index (χ1v) is 10.8. The molecule has 1 atom stereocenters. The van der Waals surface area contributed by atoms with Crippen molar-refractivity contribution >= 4 is 29.0 Å². The Bertz CT molecular complexity index is 657. The number of ether oxygens (including phenoxy) is 1. The van der Waals surface area contributed by atoms with Gasteiger partial charge in [0.15, 0.2) is 0 Å². The number of halogens is 1. The second-order valence-corrected chi connectivity index (χ2v) is 8.43. The summed E-state index contributed by atoms with van der Waals surface area (Å²) in [6.07, 6.45) is 8.76. The summed E-state index contributed by atoms with van der Waals surface area (Å²) in [5, 5.41) is 3.83. The van der Waals surface area contributed by atoms with E-state index in [2.05, 4.69) is 15.1 Å². The van der Waals surface area contributed by atoms with E-state index in [1.165, 1.54) is 32.1 Å². The Hall–Kier alpha value is -1.46. The molecule has 148 valence electrons. The zero-order valence-electron chi connectivity index (χ0n) is 16.0. The van der Waals surface area contributed by atoms with Crippen molar-refractivity contribution in [3.63, 3.8) is 0 Å². The topological polar surface area (TPSA) is 44.8 Å². The Morgan fingerprint density at radius 3 is 2.59 bits per heavy atom. The molecule has 1 aliphatic carbocycles. The fourth-order valence-corrected chi connectivity index (χ4v) is 5.10. The Morgan fingerprint density at radius 2 is 1.81 bits per heavy atom. The van der Waals surface area contributed by atoms with Crippen LogP contribution in [0.2, 0.25) is 5.02 Å². The average Bonchev–Trinajstić information content (AvgIpc) is 3.19. The maximum atomic E-state index is 13.1. The van der Waals surface area contributed by atoms with Gasteiger partial charge < -0.3 is 19.9 Å². The number of nitrogens with one attached hydrogen (secondary N) is 1. The lowest BCUT2D eigenvalue weighted by molar-refractivity contribution is 0.123. The van der Waals surface area contributed by atoms with Gasteiger partial charge in [0.05, 0.1) is 24.6 Å². The highest BCUT2D eigenvalue weighted by atomic mass is 35.5. The number of benzene rings is 1. The van der Waals surface area contributed by atoms with Crippen molar-refractivity contribution in [2.24, 2.45) is 5.92 Å². The summed E-state index contributed by atoms with van der Waals surface area (Å²) in [7, 11) is 0. The van der Waals surface area contributed by atoms with Crippen molar-refractivity contribution in [2.75, 3.05) is 43.1 Å². The molecule has 0 bridgehead atoms. The summed E-state index contributed by atoms with van der Waals surface area (Å²) in [6.45, 7) is 3.95. The number of anilines is 2. The van der Waals surface area contributed by atoms with E-state index in [4.69, 9.17) is 16.3 Å². The lowest BCUT2D eigenvalue weighted by Gasteiger charge is -2.35. The first-order chi connectivity index (χ1) is 13.2. The van der Waals surface area contributed by atoms with Crippen molar-refractivity contribution in [1.82, 2.24) is 4.90 Å². The fourth-order valence-electron chi connectivity index (χ4n) is 4.93. The van der Waals surface area contributed by atoms with Gasteiger partial charge in [0.2, 0.25) is 0 Å². The van der Waals surface area contributed by atoms with Gasteiger partial charge in [-0.1, -0.05) is 30.9 Å². The first-order valence-electron chi connectivity index (χ1n) is 10.4. The molecule has 0 radical (unpaired) electrons. The lowest BCUT2D eigenvalue weighted by Crippen LogP contribution is -2.43. The third kappa shape index (κ3) is 4.35. The van der Waals surface area contributed by atoms with Crippen LogP contribution in [0.3, 0.4) is 0 Å². The second kappa shape index (κ2) is 8.70. The summed E-state index contributed by atoms with van der Waals surface area (Å²) >= 11 is 6.24. The lowest BCUT2D eigenvalue weighted by atomic mass is 9.83. The zero-order chi connectivity index (χ0) is 18.6. The highest BCUT2D eigenvalue weighted by Crippen LogP contribution is 2.35. The summed E-state index contributed by atoms with van der Waals surface area (Å²) in [6, 6.07) is 6.20. The SMILES string of the molecule is O=C(Nc1cc(Cl)ccc1N1CCOCC1)N1CCCC1C1CCCCC1. The molecule has 27 heavy (non-hydrogen) atoms. The highest BCUT2D eigenvalue weighted by molar-refractivity contribution is 6.31. The van der Waals surface area contributed by atoms with E-state index in [1.54, 1.807) is 0 Å². The standard InChI is InChI=1S/C21H30ClN3O2/c22-17-8-9-20(24-11-13-27-14-12-24)18(15-17)23-21(26)25-10-4-7-19(25)16-5-2-1-3-6-16/h8-9,15-16,19H,1-7,10-14H2,(H,23,26). The number of hydrogen-bond donors (Lipinski definition) is 1. The van der Waals surface area contributed by atoms with Crippen LogP contribution in [0.5, 0.6) is 0 Å². The minimum Gasteiger partial charge on any atom is -0.378 e. The van der Waals surface area contributed by atoms with Crippen molar-refractivity contribution < 1.29 is 9.53 Å². The van der Waals surface area contributed by atoms with E-state index in [0.29, 0.717) is 30.2 Å². The first kappa shape index (κ1) is 18.9. The Morgan fingerprint density at radius 1 is 1.04 bits per heavy atom. The second-order valence-electron chi connectivity index (χ2n) is 7.99. The van der Waals surface area contributed by atoms with Gasteiger partial charge in [-0.3, -0.25) is 0 Å². The maximum Gasteiger partial charge on any atom is 0.322 e. The molecule has 0 aromatic heterocycles. The minimum atomic E-state index is 0.0276. The van der Waals surface area contributed by atoms with Crippen molar-refractivity contribution in [3.8, 4) is 0 Å². The monoisotopic (exact) mass is 391 g/mol. The van der Waals surface area contributed by atoms with Crippen LogP contribution in [0.15, 0.2) is 18.2 Å². The molecule has 3 aliphatic rings. The van der Waals surface area contributed by atoms with Gasteiger partial charge in [0.25, 0.3) is 0 Å². The average molecular weight is 392 g/mol. The minimum absolute atomic E-state index is 0.0276. The summed E-state index contributed by atoms with van der Waals surface area (Å²) in [5.41, 5.74) is 1.84. The number of carbonyl (C=O) groups is 1. The Balaban J connectivity index is 1.49. The number of morpholine rings is 1. The number of carbonyl (C=O) groups excluding carboxylic acids is 1. The number of likely N-dealkylation sites (tertiary alicyclic amines) is 1. The molecule has 1 saturated carbocycles. The van der Waals surface area contributed by atoms with Gasteiger partial charge in [-0.05, 0) is 49.8 Å². The quantitative estimate of drug-likeness (QED) is 0.808. The van der Waals surface area contributed by atoms with E-state index >= 15 is 0 Å². The zero-order valence-corrected chi connectivity index (χ0v) is 16.7. The molecule has 2 saturated heterocycles. The maximum absolute atomic E-state index is 13.1. The predicted octanol–water partition coefficient (Wildman–Crippen LogP) is 4.75. The van der Waals surface area contributed by atoms with E-state index in [-0.39, 0.29) is 6.03 Å². The summed E-state index contributed by atoms with van der Waals surface area (Å²) in [4.78, 5) is 17.5.